The minimum atomic E-state index is -0.0655. The maximum atomic E-state index is 5.37. The molecule has 29 heavy (non-hydrogen) atoms. The summed E-state index contributed by atoms with van der Waals surface area (Å²) in [4.78, 5) is 9.09. The van der Waals surface area contributed by atoms with Gasteiger partial charge in [-0.15, -0.1) is 0 Å². The van der Waals surface area contributed by atoms with E-state index in [2.05, 4.69) is 65.5 Å². The van der Waals surface area contributed by atoms with Gasteiger partial charge in [0.05, 0.1) is 13.7 Å². The number of aryl methyl sites for hydroxylation is 1. The second-order valence-electron chi connectivity index (χ2n) is 8.64. The molecule has 3 rings (SSSR count). The molecule has 1 aliphatic rings. The van der Waals surface area contributed by atoms with Crippen LogP contribution in [0.15, 0.2) is 29.3 Å². The van der Waals surface area contributed by atoms with Gasteiger partial charge in [0.15, 0.2) is 11.8 Å². The third kappa shape index (κ3) is 5.08. The summed E-state index contributed by atoms with van der Waals surface area (Å²) in [5.74, 6) is 4.08. The summed E-state index contributed by atoms with van der Waals surface area (Å²) in [6.07, 6.45) is 1.96. The lowest BCUT2D eigenvalue weighted by atomic mass is 9.84. The molecule has 1 aromatic carbocycles. The van der Waals surface area contributed by atoms with Crippen LogP contribution in [0.4, 0.5) is 0 Å². The second-order valence-corrected chi connectivity index (χ2v) is 8.64. The predicted octanol–water partition coefficient (Wildman–Crippen LogP) is 2.87. The van der Waals surface area contributed by atoms with Crippen molar-refractivity contribution in [1.29, 1.82) is 0 Å². The Bertz CT molecular complexity index is 855. The molecule has 0 radical (unpaired) electrons. The van der Waals surface area contributed by atoms with Crippen molar-refractivity contribution in [2.45, 2.75) is 64.5 Å². The summed E-state index contributed by atoms with van der Waals surface area (Å²) < 4.78 is 7.42. The van der Waals surface area contributed by atoms with Gasteiger partial charge in [0.2, 0.25) is 0 Å². The Morgan fingerprint density at radius 2 is 2.17 bits per heavy atom. The fraction of sp³-hybridized carbons (Fsp3) is 0.591. The lowest BCUT2D eigenvalue weighted by Gasteiger charge is -2.29. The standard InChI is InChI=1S/C22H34N6O/c1-15(2)20-26-19-11-10-17(13-28(19)27-20)25-21(23-5)24-14-22(3,4)16-8-7-9-18(12-16)29-6/h7-9,12,15,17H,10-11,13-14H2,1-6H3,(H2,23,24,25). The lowest BCUT2D eigenvalue weighted by Crippen LogP contribution is -2.49. The first-order valence-electron chi connectivity index (χ1n) is 10.4. The average Bonchev–Trinajstić information content (AvgIpc) is 3.15. The van der Waals surface area contributed by atoms with Gasteiger partial charge in [-0.25, -0.2) is 9.67 Å². The summed E-state index contributed by atoms with van der Waals surface area (Å²) in [5.41, 5.74) is 1.16. The third-order valence-corrected chi connectivity index (χ3v) is 5.50. The number of aromatic nitrogens is 3. The molecule has 1 atom stereocenters. The van der Waals surface area contributed by atoms with Crippen LogP contribution in [0.2, 0.25) is 0 Å². The van der Waals surface area contributed by atoms with Gasteiger partial charge in [-0.05, 0) is 24.1 Å². The molecule has 0 saturated carbocycles. The minimum absolute atomic E-state index is 0.0655. The van der Waals surface area contributed by atoms with E-state index in [1.165, 1.54) is 5.56 Å². The van der Waals surface area contributed by atoms with Gasteiger partial charge < -0.3 is 15.4 Å². The van der Waals surface area contributed by atoms with E-state index < -0.39 is 0 Å². The zero-order valence-electron chi connectivity index (χ0n) is 18.5. The fourth-order valence-electron chi connectivity index (χ4n) is 3.53. The first-order valence-corrected chi connectivity index (χ1v) is 10.4. The van der Waals surface area contributed by atoms with Gasteiger partial charge in [-0.2, -0.15) is 5.10 Å². The first kappa shape index (κ1) is 21.1. The van der Waals surface area contributed by atoms with E-state index in [-0.39, 0.29) is 11.5 Å². The molecule has 7 nitrogen and oxygen atoms in total. The molecule has 7 heteroatoms. The maximum Gasteiger partial charge on any atom is 0.191 e. The Balaban J connectivity index is 1.59. The number of benzene rings is 1. The molecule has 0 spiro atoms. The zero-order valence-corrected chi connectivity index (χ0v) is 18.5. The van der Waals surface area contributed by atoms with Crippen LogP contribution in [0.3, 0.4) is 0 Å². The van der Waals surface area contributed by atoms with Crippen molar-refractivity contribution in [2.75, 3.05) is 20.7 Å². The fourth-order valence-corrected chi connectivity index (χ4v) is 3.53. The Morgan fingerprint density at radius 3 is 2.86 bits per heavy atom. The normalized spacial score (nSPS) is 17.2. The van der Waals surface area contributed by atoms with Gasteiger partial charge in [0.1, 0.15) is 11.6 Å². The monoisotopic (exact) mass is 398 g/mol. The van der Waals surface area contributed by atoms with Crippen molar-refractivity contribution >= 4 is 5.96 Å². The smallest absolute Gasteiger partial charge is 0.191 e. The van der Waals surface area contributed by atoms with Crippen LogP contribution in [0, 0.1) is 0 Å². The number of methoxy groups -OCH3 is 1. The Hall–Kier alpha value is -2.57. The quantitative estimate of drug-likeness (QED) is 0.578. The summed E-state index contributed by atoms with van der Waals surface area (Å²) in [5, 5.41) is 11.7. The van der Waals surface area contributed by atoms with Crippen molar-refractivity contribution in [3.63, 3.8) is 0 Å². The largest absolute Gasteiger partial charge is 0.497 e. The molecule has 158 valence electrons. The number of ether oxygens (including phenoxy) is 1. The molecule has 0 saturated heterocycles. The van der Waals surface area contributed by atoms with Crippen LogP contribution in [-0.2, 0) is 18.4 Å². The highest BCUT2D eigenvalue weighted by atomic mass is 16.5. The van der Waals surface area contributed by atoms with E-state index in [0.29, 0.717) is 5.92 Å². The predicted molar refractivity (Wildman–Crippen MR) is 117 cm³/mol. The third-order valence-electron chi connectivity index (χ3n) is 5.50. The number of nitrogens with one attached hydrogen (secondary N) is 2. The van der Waals surface area contributed by atoms with Crippen molar-refractivity contribution in [3.05, 3.63) is 41.5 Å². The molecule has 1 unspecified atom stereocenters. The number of guanidine groups is 1. The number of aliphatic imine (C=N–C) groups is 1. The molecule has 2 heterocycles. The summed E-state index contributed by atoms with van der Waals surface area (Å²) >= 11 is 0. The first-order chi connectivity index (χ1) is 13.8. The van der Waals surface area contributed by atoms with Crippen molar-refractivity contribution < 1.29 is 4.74 Å². The summed E-state index contributed by atoms with van der Waals surface area (Å²) in [6.45, 7) is 10.3. The van der Waals surface area contributed by atoms with E-state index in [0.717, 1.165) is 49.3 Å². The number of hydrogen-bond acceptors (Lipinski definition) is 4. The lowest BCUT2D eigenvalue weighted by molar-refractivity contribution is 0.389. The van der Waals surface area contributed by atoms with E-state index in [9.17, 15) is 0 Å². The average molecular weight is 399 g/mol. The highest BCUT2D eigenvalue weighted by Crippen LogP contribution is 2.25. The van der Waals surface area contributed by atoms with Gasteiger partial charge >= 0.3 is 0 Å². The molecule has 0 fully saturated rings. The van der Waals surface area contributed by atoms with Crippen LogP contribution in [0.5, 0.6) is 5.75 Å². The summed E-state index contributed by atoms with van der Waals surface area (Å²) in [6, 6.07) is 8.53. The van der Waals surface area contributed by atoms with Crippen molar-refractivity contribution in [3.8, 4) is 5.75 Å². The van der Waals surface area contributed by atoms with Crippen LogP contribution < -0.4 is 15.4 Å². The highest BCUT2D eigenvalue weighted by molar-refractivity contribution is 5.80. The van der Waals surface area contributed by atoms with Gasteiger partial charge in [-0.3, -0.25) is 4.99 Å². The Labute approximate surface area is 174 Å². The molecule has 0 aliphatic carbocycles. The molecular formula is C22H34N6O. The highest BCUT2D eigenvalue weighted by Gasteiger charge is 2.25. The molecular weight excluding hydrogens is 364 g/mol. The number of fused-ring (bicyclic) bond motifs is 1. The van der Waals surface area contributed by atoms with Crippen LogP contribution in [0.25, 0.3) is 0 Å². The Kier molecular flexibility index (Phi) is 6.45. The molecule has 1 aliphatic heterocycles. The van der Waals surface area contributed by atoms with Crippen LogP contribution >= 0.6 is 0 Å². The maximum absolute atomic E-state index is 5.37. The number of hydrogen-bond donors (Lipinski definition) is 2. The summed E-state index contributed by atoms with van der Waals surface area (Å²) in [7, 11) is 3.51. The van der Waals surface area contributed by atoms with Gasteiger partial charge in [0.25, 0.3) is 0 Å². The van der Waals surface area contributed by atoms with Gasteiger partial charge in [-0.1, -0.05) is 39.8 Å². The van der Waals surface area contributed by atoms with E-state index >= 15 is 0 Å². The molecule has 2 aromatic rings. The number of rotatable bonds is 6. The SMILES string of the molecule is CN=C(NCC(C)(C)c1cccc(OC)c1)NC1CCc2nc(C(C)C)nn2C1. The minimum Gasteiger partial charge on any atom is -0.497 e. The van der Waals surface area contributed by atoms with Crippen LogP contribution in [-0.4, -0.2) is 47.5 Å². The van der Waals surface area contributed by atoms with Gasteiger partial charge in [0, 0.05) is 37.4 Å². The zero-order chi connectivity index (χ0) is 21.0. The molecule has 0 bridgehead atoms. The second kappa shape index (κ2) is 8.84. The molecule has 1 aromatic heterocycles. The van der Waals surface area contributed by atoms with E-state index in [4.69, 9.17) is 4.74 Å². The molecule has 2 N–H and O–H groups in total. The van der Waals surface area contributed by atoms with Crippen molar-refractivity contribution in [1.82, 2.24) is 25.4 Å². The number of nitrogens with zero attached hydrogens (tertiary/aromatic N) is 4. The topological polar surface area (TPSA) is 76.4 Å². The molecule has 0 amide bonds. The van der Waals surface area contributed by atoms with Crippen molar-refractivity contribution in [2.24, 2.45) is 4.99 Å². The van der Waals surface area contributed by atoms with E-state index in [1.807, 2.05) is 23.9 Å². The Morgan fingerprint density at radius 1 is 1.38 bits per heavy atom. The van der Waals surface area contributed by atoms with E-state index in [1.54, 1.807) is 7.11 Å². The van der Waals surface area contributed by atoms with Crippen LogP contribution in [0.1, 0.15) is 57.2 Å².